The maximum atomic E-state index is 10.1. The lowest BCUT2D eigenvalue weighted by Crippen LogP contribution is -1.97. The third-order valence-electron chi connectivity index (χ3n) is 3.42. The van der Waals surface area contributed by atoms with Gasteiger partial charge in [-0.3, -0.25) is 0 Å². The number of aryl methyl sites for hydroxylation is 1. The average molecular weight is 843 g/mol. The molecule has 2 aromatic rings. The lowest BCUT2D eigenvalue weighted by Gasteiger charge is -1.90. The number of rotatable bonds is 8. The van der Waals surface area contributed by atoms with Crippen molar-refractivity contribution in [2.45, 2.75) is 118 Å². The van der Waals surface area contributed by atoms with Crippen molar-refractivity contribution >= 4 is 23.9 Å². The number of ether oxygens (including phenoxy) is 6. The van der Waals surface area contributed by atoms with E-state index in [9.17, 15) is 19.2 Å². The van der Waals surface area contributed by atoms with Crippen LogP contribution in [0.1, 0.15) is 116 Å². The molecular formula is C49H94O10. The quantitative estimate of drug-likeness (QED) is 0.144. The third-order valence-corrected chi connectivity index (χ3v) is 3.42. The van der Waals surface area contributed by atoms with E-state index in [4.69, 9.17) is 0 Å². The van der Waals surface area contributed by atoms with E-state index in [1.165, 1.54) is 5.56 Å². The third kappa shape index (κ3) is 164. The maximum Gasteiger partial charge on any atom is 0.330 e. The zero-order chi connectivity index (χ0) is 49.6. The molecule has 0 aliphatic rings. The molecule has 0 aliphatic heterocycles. The van der Waals surface area contributed by atoms with E-state index in [0.717, 1.165) is 24.3 Å². The van der Waals surface area contributed by atoms with Gasteiger partial charge in [-0.15, -0.1) is 0 Å². The normalized spacial score (nSPS) is 6.66. The van der Waals surface area contributed by atoms with Crippen LogP contribution in [0.2, 0.25) is 0 Å². The molecule has 0 aromatic heterocycles. The molecule has 0 saturated heterocycles. The minimum Gasteiger partial charge on any atom is -0.463 e. The van der Waals surface area contributed by atoms with Crippen molar-refractivity contribution in [2.24, 2.45) is 0 Å². The number of methoxy groups -OCH3 is 2. The van der Waals surface area contributed by atoms with Gasteiger partial charge in [0.15, 0.2) is 0 Å². The van der Waals surface area contributed by atoms with Gasteiger partial charge in [0.2, 0.25) is 0 Å². The van der Waals surface area contributed by atoms with Crippen molar-refractivity contribution in [3.63, 3.8) is 0 Å². The van der Waals surface area contributed by atoms with Crippen LogP contribution >= 0.6 is 0 Å². The van der Waals surface area contributed by atoms with Gasteiger partial charge in [0.25, 0.3) is 0 Å². The van der Waals surface area contributed by atoms with Gasteiger partial charge >= 0.3 is 23.9 Å². The van der Waals surface area contributed by atoms with Crippen LogP contribution in [0.4, 0.5) is 0 Å². The molecule has 10 heteroatoms. The van der Waals surface area contributed by atoms with E-state index in [-0.39, 0.29) is 23.9 Å². The molecule has 10 nitrogen and oxygen atoms in total. The van der Waals surface area contributed by atoms with Gasteiger partial charge in [0, 0.05) is 52.7 Å². The summed E-state index contributed by atoms with van der Waals surface area (Å²) >= 11 is 0. The lowest BCUT2D eigenvalue weighted by molar-refractivity contribution is -0.138. The van der Waals surface area contributed by atoms with Gasteiger partial charge in [0.1, 0.15) is 0 Å². The van der Waals surface area contributed by atoms with Crippen LogP contribution in [0.25, 0.3) is 0 Å². The van der Waals surface area contributed by atoms with Crippen molar-refractivity contribution in [3.05, 3.63) is 123 Å². The SMILES string of the molecule is C=CC(=O)OCC.C=CC(=O)OCC.C=CC(=O)OCC.C=CC(=O)OCC.CC.CC.CC.CC.CC.CC.COC.COC.Cc1ccccc1.c1ccccc1. The molecule has 2 aromatic carbocycles. The van der Waals surface area contributed by atoms with Crippen LogP contribution < -0.4 is 0 Å². The largest absolute Gasteiger partial charge is 0.463 e. The van der Waals surface area contributed by atoms with Crippen LogP contribution in [0.15, 0.2) is 117 Å². The predicted octanol–water partition coefficient (Wildman–Crippen LogP) is 13.3. The Morgan fingerprint density at radius 3 is 0.593 bits per heavy atom. The lowest BCUT2D eigenvalue weighted by atomic mass is 10.2. The molecule has 0 spiro atoms. The zero-order valence-corrected chi connectivity index (χ0v) is 41.9. The van der Waals surface area contributed by atoms with Crippen LogP contribution in [0.5, 0.6) is 0 Å². The van der Waals surface area contributed by atoms with Gasteiger partial charge in [0.05, 0.1) is 26.4 Å². The van der Waals surface area contributed by atoms with E-state index >= 15 is 0 Å². The molecule has 0 bridgehead atoms. The first-order valence-corrected chi connectivity index (χ1v) is 20.4. The Morgan fingerprint density at radius 2 is 0.525 bits per heavy atom. The Kier molecular flexibility index (Phi) is 171. The highest BCUT2D eigenvalue weighted by atomic mass is 16.5. The molecule has 0 aliphatic carbocycles. The molecule has 0 heterocycles. The minimum atomic E-state index is -0.359. The van der Waals surface area contributed by atoms with Crippen molar-refractivity contribution in [1.82, 2.24) is 0 Å². The summed E-state index contributed by atoms with van der Waals surface area (Å²) in [5, 5.41) is 0. The standard InChI is InChI=1S/C7H8.C6H6.4C5H8O2.2C2H6O.6C2H6/c1-7-5-3-2-4-6-7;1-2-4-6-5-3-1;4*1-3-5(6)7-4-2;2*1-3-2;6*1-2/h2-6H,1H3;1-6H;4*3H,1,4H2,2H3;2*1-2H3;6*1-2H3. The minimum absolute atomic E-state index is 0.359. The van der Waals surface area contributed by atoms with Crippen molar-refractivity contribution in [1.29, 1.82) is 0 Å². The molecule has 0 radical (unpaired) electrons. The summed E-state index contributed by atoms with van der Waals surface area (Å²) in [5.41, 5.74) is 1.32. The molecule has 2 rings (SSSR count). The Labute approximate surface area is 366 Å². The van der Waals surface area contributed by atoms with Gasteiger partial charge in [-0.05, 0) is 34.6 Å². The highest BCUT2D eigenvalue weighted by Crippen LogP contribution is 1.92. The van der Waals surface area contributed by atoms with Gasteiger partial charge in [-0.25, -0.2) is 19.2 Å². The van der Waals surface area contributed by atoms with Crippen molar-refractivity contribution in [3.8, 4) is 0 Å². The number of carbonyl (C=O) groups excluding carboxylic acids is 4. The van der Waals surface area contributed by atoms with Crippen molar-refractivity contribution in [2.75, 3.05) is 54.9 Å². The highest BCUT2D eigenvalue weighted by Gasteiger charge is 1.88. The summed E-state index contributed by atoms with van der Waals surface area (Å²) in [5.74, 6) is -1.44. The second-order valence-corrected chi connectivity index (χ2v) is 7.45. The predicted molar refractivity (Wildman–Crippen MR) is 259 cm³/mol. The topological polar surface area (TPSA) is 124 Å². The summed E-state index contributed by atoms with van der Waals surface area (Å²) in [4.78, 5) is 40.3. The molecule has 0 saturated carbocycles. The number of carbonyl (C=O) groups is 4. The number of hydrogen-bond donors (Lipinski definition) is 0. The summed E-state index contributed by atoms with van der Waals surface area (Å²) in [6.45, 7) is 47.6. The summed E-state index contributed by atoms with van der Waals surface area (Å²) in [7, 11) is 6.50. The molecule has 0 atom stereocenters. The summed E-state index contributed by atoms with van der Waals surface area (Å²) < 4.78 is 26.2. The fourth-order valence-corrected chi connectivity index (χ4v) is 1.72. The zero-order valence-electron chi connectivity index (χ0n) is 41.9. The molecule has 0 amide bonds. The van der Waals surface area contributed by atoms with E-state index < -0.39 is 0 Å². The monoisotopic (exact) mass is 843 g/mol. The highest BCUT2D eigenvalue weighted by molar-refractivity contribution is 5.82. The van der Waals surface area contributed by atoms with Gasteiger partial charge < -0.3 is 28.4 Å². The molecule has 350 valence electrons. The Morgan fingerprint density at radius 1 is 0.390 bits per heavy atom. The molecule has 59 heavy (non-hydrogen) atoms. The first-order valence-electron chi connectivity index (χ1n) is 20.4. The number of hydrogen-bond acceptors (Lipinski definition) is 10. The fraction of sp³-hybridized carbons (Fsp3) is 0.510. The average Bonchev–Trinajstić information content (AvgIpc) is 3.30. The Balaban J connectivity index is -0.0000000416. The van der Waals surface area contributed by atoms with E-state index in [1.807, 2.05) is 138 Å². The molecule has 0 N–H and O–H groups in total. The van der Waals surface area contributed by atoms with Crippen LogP contribution in [0.3, 0.4) is 0 Å². The fourth-order valence-electron chi connectivity index (χ4n) is 1.72. The molecule has 0 unspecified atom stereocenters. The van der Waals surface area contributed by atoms with E-state index in [0.29, 0.717) is 26.4 Å². The number of benzene rings is 2. The Hall–Kier alpha value is -4.80. The number of esters is 4. The second kappa shape index (κ2) is 117. The molecular weight excluding hydrogens is 749 g/mol. The van der Waals surface area contributed by atoms with E-state index in [1.54, 1.807) is 56.1 Å². The van der Waals surface area contributed by atoms with Gasteiger partial charge in [-0.2, -0.15) is 0 Å². The van der Waals surface area contributed by atoms with Crippen LogP contribution in [-0.4, -0.2) is 78.7 Å². The summed E-state index contributed by atoms with van der Waals surface area (Å²) in [6.07, 6.45) is 4.57. The smallest absolute Gasteiger partial charge is 0.330 e. The maximum absolute atomic E-state index is 10.1. The first-order chi connectivity index (χ1) is 28.5. The van der Waals surface area contributed by atoms with Crippen molar-refractivity contribution < 1.29 is 47.6 Å². The first kappa shape index (κ1) is 86.1. The molecule has 0 fully saturated rings. The van der Waals surface area contributed by atoms with Gasteiger partial charge in [-0.1, -0.05) is 182 Å². The second-order valence-electron chi connectivity index (χ2n) is 7.45. The van der Waals surface area contributed by atoms with Crippen LogP contribution in [0, 0.1) is 6.92 Å². The van der Waals surface area contributed by atoms with E-state index in [2.05, 4.69) is 73.8 Å². The summed E-state index contributed by atoms with van der Waals surface area (Å²) in [6, 6.07) is 22.3. The van der Waals surface area contributed by atoms with Crippen LogP contribution in [-0.2, 0) is 47.6 Å². The Bertz CT molecular complexity index is 862.